The van der Waals surface area contributed by atoms with Gasteiger partial charge in [-0.1, -0.05) is 19.9 Å². The van der Waals surface area contributed by atoms with Gasteiger partial charge in [-0.05, 0) is 89.5 Å². The topological polar surface area (TPSA) is 69.6 Å². The molecule has 42 heavy (non-hydrogen) atoms. The Morgan fingerprint density at radius 1 is 1.02 bits per heavy atom. The predicted octanol–water partition coefficient (Wildman–Crippen LogP) is 6.03. The molecule has 1 N–H and O–H groups in total. The third kappa shape index (κ3) is 6.65. The lowest BCUT2D eigenvalue weighted by molar-refractivity contribution is 0.193. The highest BCUT2D eigenvalue weighted by Crippen LogP contribution is 2.39. The second-order valence-electron chi connectivity index (χ2n) is 12.2. The van der Waals surface area contributed by atoms with Crippen molar-refractivity contribution in [2.45, 2.75) is 58.4 Å². The Hall–Kier alpha value is -3.37. The number of nitrogens with one attached hydrogen (secondary N) is 1. The molecule has 2 aliphatic heterocycles. The van der Waals surface area contributed by atoms with Crippen LogP contribution in [0.1, 0.15) is 63.6 Å². The molecule has 1 saturated heterocycles. The number of halogens is 2. The SMILES string of the molecule is CC(C)c1nc(Nc2ncc(F)c(-c3cc(F)c4c(c3)N(C(C)C)CCO4)n2)ccc1C1CCN(CCN(C)C)CC1. The molecule has 8 nitrogen and oxygen atoms in total. The van der Waals surface area contributed by atoms with Crippen LogP contribution < -0.4 is 15.0 Å². The molecule has 2 aliphatic rings. The summed E-state index contributed by atoms with van der Waals surface area (Å²) >= 11 is 0. The predicted molar refractivity (Wildman–Crippen MR) is 164 cm³/mol. The molecule has 226 valence electrons. The Balaban J connectivity index is 1.37. The molecule has 2 aromatic heterocycles. The number of hydrogen-bond acceptors (Lipinski definition) is 8. The van der Waals surface area contributed by atoms with Crippen molar-refractivity contribution in [3.8, 4) is 17.0 Å². The van der Waals surface area contributed by atoms with Crippen LogP contribution in [0.2, 0.25) is 0 Å². The summed E-state index contributed by atoms with van der Waals surface area (Å²) in [6, 6.07) is 7.25. The average molecular weight is 580 g/mol. The van der Waals surface area contributed by atoms with Crippen LogP contribution in [0.5, 0.6) is 5.75 Å². The van der Waals surface area contributed by atoms with Crippen LogP contribution in [0, 0.1) is 11.6 Å². The largest absolute Gasteiger partial charge is 0.486 e. The molecular formula is C32H43F2N7O. The summed E-state index contributed by atoms with van der Waals surface area (Å²) in [7, 11) is 4.23. The lowest BCUT2D eigenvalue weighted by Crippen LogP contribution is -2.38. The number of benzene rings is 1. The molecule has 0 spiro atoms. The van der Waals surface area contributed by atoms with Crippen LogP contribution in [-0.4, -0.2) is 84.2 Å². The van der Waals surface area contributed by atoms with Crippen LogP contribution in [-0.2, 0) is 0 Å². The van der Waals surface area contributed by atoms with Crippen molar-refractivity contribution in [2.75, 3.05) is 63.6 Å². The van der Waals surface area contributed by atoms with Crippen LogP contribution in [0.3, 0.4) is 0 Å². The molecule has 1 fully saturated rings. The fourth-order valence-corrected chi connectivity index (χ4v) is 5.89. The number of pyridine rings is 1. The first-order chi connectivity index (χ1) is 20.1. The fourth-order valence-electron chi connectivity index (χ4n) is 5.89. The molecule has 0 atom stereocenters. The highest BCUT2D eigenvalue weighted by atomic mass is 19.1. The molecule has 0 amide bonds. The highest BCUT2D eigenvalue weighted by Gasteiger charge is 2.27. The Morgan fingerprint density at radius 3 is 2.48 bits per heavy atom. The van der Waals surface area contributed by atoms with Gasteiger partial charge in [0.05, 0.1) is 18.4 Å². The van der Waals surface area contributed by atoms with Crippen LogP contribution in [0.4, 0.5) is 26.2 Å². The van der Waals surface area contributed by atoms with E-state index in [9.17, 15) is 0 Å². The number of piperidine rings is 1. The van der Waals surface area contributed by atoms with Gasteiger partial charge in [0.2, 0.25) is 5.95 Å². The van der Waals surface area contributed by atoms with Gasteiger partial charge in [0.25, 0.3) is 0 Å². The normalized spacial score (nSPS) is 16.3. The van der Waals surface area contributed by atoms with Gasteiger partial charge in [-0.25, -0.2) is 23.7 Å². The molecule has 3 aromatic rings. The molecule has 0 bridgehead atoms. The summed E-state index contributed by atoms with van der Waals surface area (Å²) in [5.41, 5.74) is 3.30. The summed E-state index contributed by atoms with van der Waals surface area (Å²) in [6.07, 6.45) is 3.34. The fraction of sp³-hybridized carbons (Fsp3) is 0.531. The molecule has 0 unspecified atom stereocenters. The van der Waals surface area contributed by atoms with E-state index in [0.29, 0.717) is 36.1 Å². The Morgan fingerprint density at radius 2 is 1.79 bits per heavy atom. The number of fused-ring (bicyclic) bond motifs is 1. The van der Waals surface area contributed by atoms with Gasteiger partial charge in [0, 0.05) is 30.4 Å². The molecular weight excluding hydrogens is 536 g/mol. The number of likely N-dealkylation sites (tertiary alicyclic amines) is 1. The first-order valence-electron chi connectivity index (χ1n) is 15.0. The zero-order chi connectivity index (χ0) is 30.0. The van der Waals surface area contributed by atoms with Crippen LogP contribution in [0.25, 0.3) is 11.3 Å². The van der Waals surface area contributed by atoms with Crippen molar-refractivity contribution in [3.63, 3.8) is 0 Å². The van der Waals surface area contributed by atoms with Gasteiger partial charge in [-0.3, -0.25) is 0 Å². The summed E-state index contributed by atoms with van der Waals surface area (Å²) in [5.74, 6) is 0.532. The minimum Gasteiger partial charge on any atom is -0.486 e. The maximum absolute atomic E-state index is 15.1. The van der Waals surface area contributed by atoms with Crippen LogP contribution >= 0.6 is 0 Å². The third-order valence-electron chi connectivity index (χ3n) is 8.19. The number of rotatable bonds is 9. The third-order valence-corrected chi connectivity index (χ3v) is 8.19. The molecule has 1 aromatic carbocycles. The van der Waals surface area contributed by atoms with Crippen molar-refractivity contribution < 1.29 is 13.5 Å². The number of ether oxygens (including phenoxy) is 1. The number of aromatic nitrogens is 3. The van der Waals surface area contributed by atoms with Gasteiger partial charge >= 0.3 is 0 Å². The van der Waals surface area contributed by atoms with Crippen molar-refractivity contribution in [1.29, 1.82) is 0 Å². The number of hydrogen-bond donors (Lipinski definition) is 1. The zero-order valence-electron chi connectivity index (χ0n) is 25.6. The summed E-state index contributed by atoms with van der Waals surface area (Å²) in [4.78, 5) is 20.4. The first-order valence-corrected chi connectivity index (χ1v) is 15.0. The molecule has 5 rings (SSSR count). The van der Waals surface area contributed by atoms with E-state index in [4.69, 9.17) is 9.72 Å². The summed E-state index contributed by atoms with van der Waals surface area (Å²) in [5, 5.41) is 3.16. The van der Waals surface area contributed by atoms with Crippen molar-refractivity contribution in [2.24, 2.45) is 0 Å². The van der Waals surface area contributed by atoms with E-state index in [2.05, 4.69) is 64.0 Å². The molecule has 0 saturated carbocycles. The summed E-state index contributed by atoms with van der Waals surface area (Å²) in [6.45, 7) is 13.8. The Labute approximate surface area is 248 Å². The van der Waals surface area contributed by atoms with Gasteiger partial charge in [0.1, 0.15) is 18.1 Å². The maximum atomic E-state index is 15.1. The monoisotopic (exact) mass is 579 g/mol. The number of nitrogens with zero attached hydrogens (tertiary/aromatic N) is 6. The lowest BCUT2D eigenvalue weighted by Gasteiger charge is -2.34. The number of anilines is 3. The minimum atomic E-state index is -0.629. The van der Waals surface area contributed by atoms with Gasteiger partial charge in [-0.2, -0.15) is 0 Å². The molecule has 0 radical (unpaired) electrons. The standard InChI is InChI=1S/C32H43F2N7O/c1-20(2)29-24(22-9-11-40(12-10-22)14-13-39(5)6)7-8-28(36-29)37-32-35-19-26(34)30(38-32)23-17-25(33)31-27(18-23)41(21(3)4)15-16-42-31/h7-8,17-22H,9-16H2,1-6H3,(H,35,36,37,38). The Bertz CT molecular complexity index is 1390. The molecule has 4 heterocycles. The molecule has 0 aliphatic carbocycles. The van der Waals surface area contributed by atoms with E-state index in [-0.39, 0.29) is 29.4 Å². The smallest absolute Gasteiger partial charge is 0.229 e. The van der Waals surface area contributed by atoms with Crippen molar-refractivity contribution in [3.05, 3.63) is 53.4 Å². The van der Waals surface area contributed by atoms with E-state index >= 15 is 8.78 Å². The number of likely N-dealkylation sites (N-methyl/N-ethyl adjacent to an activating group) is 1. The van der Waals surface area contributed by atoms with Gasteiger partial charge in [-0.15, -0.1) is 0 Å². The minimum absolute atomic E-state index is 0.0187. The van der Waals surface area contributed by atoms with Crippen molar-refractivity contribution in [1.82, 2.24) is 24.8 Å². The Kier molecular flexibility index (Phi) is 9.22. The first kappa shape index (κ1) is 30.1. The van der Waals surface area contributed by atoms with Gasteiger partial charge in [0.15, 0.2) is 17.4 Å². The van der Waals surface area contributed by atoms with Crippen LogP contribution in [0.15, 0.2) is 30.5 Å². The lowest BCUT2D eigenvalue weighted by atomic mass is 9.86. The molecule has 10 heteroatoms. The summed E-state index contributed by atoms with van der Waals surface area (Å²) < 4.78 is 35.7. The van der Waals surface area contributed by atoms with E-state index in [1.165, 1.54) is 11.6 Å². The second-order valence-corrected chi connectivity index (χ2v) is 12.2. The van der Waals surface area contributed by atoms with E-state index in [1.807, 2.05) is 19.9 Å². The second kappa shape index (κ2) is 12.9. The zero-order valence-corrected chi connectivity index (χ0v) is 25.6. The highest BCUT2D eigenvalue weighted by molar-refractivity contribution is 5.73. The van der Waals surface area contributed by atoms with E-state index < -0.39 is 11.6 Å². The van der Waals surface area contributed by atoms with E-state index in [0.717, 1.165) is 50.9 Å². The maximum Gasteiger partial charge on any atom is 0.229 e. The average Bonchev–Trinajstić information content (AvgIpc) is 2.97. The van der Waals surface area contributed by atoms with Crippen molar-refractivity contribution >= 4 is 17.5 Å². The van der Waals surface area contributed by atoms with E-state index in [1.54, 1.807) is 6.07 Å². The quantitative estimate of drug-likeness (QED) is 0.330. The van der Waals surface area contributed by atoms with Gasteiger partial charge < -0.3 is 24.8 Å².